The lowest BCUT2D eigenvalue weighted by atomic mass is 10.0. The average Bonchev–Trinajstić information content (AvgIpc) is 2.70. The SMILES string of the molecule is C=C(C)C(=C)Oc1ccc(-c2ccc(OC(=O)C(=C)C)c(F)c2)cc1OC(=O)C(=C)C. The second-order valence-corrected chi connectivity index (χ2v) is 6.95. The minimum absolute atomic E-state index is 0.103. The molecular weight excluding hydrogens is 399 g/mol. The van der Waals surface area contributed by atoms with Crippen LogP contribution in [0.1, 0.15) is 20.8 Å². The minimum Gasteiger partial charge on any atom is -0.454 e. The van der Waals surface area contributed by atoms with Gasteiger partial charge in [-0.3, -0.25) is 0 Å². The van der Waals surface area contributed by atoms with Gasteiger partial charge in [0.1, 0.15) is 5.76 Å². The number of hydrogen-bond donors (Lipinski definition) is 0. The van der Waals surface area contributed by atoms with E-state index in [1.54, 1.807) is 25.1 Å². The van der Waals surface area contributed by atoms with Crippen LogP contribution in [0, 0.1) is 5.82 Å². The van der Waals surface area contributed by atoms with Crippen LogP contribution in [-0.2, 0) is 9.59 Å². The second kappa shape index (κ2) is 9.71. The Hall–Kier alpha value is -3.93. The second-order valence-electron chi connectivity index (χ2n) is 6.95. The van der Waals surface area contributed by atoms with Crippen LogP contribution >= 0.6 is 0 Å². The molecule has 0 saturated carbocycles. The zero-order valence-corrected chi connectivity index (χ0v) is 17.7. The fourth-order valence-electron chi connectivity index (χ4n) is 2.21. The van der Waals surface area contributed by atoms with E-state index < -0.39 is 17.8 Å². The van der Waals surface area contributed by atoms with Crippen molar-refractivity contribution in [2.24, 2.45) is 0 Å². The van der Waals surface area contributed by atoms with Crippen LogP contribution in [0.5, 0.6) is 17.2 Å². The Morgan fingerprint density at radius 3 is 1.65 bits per heavy atom. The van der Waals surface area contributed by atoms with E-state index in [1.807, 2.05) is 0 Å². The summed E-state index contributed by atoms with van der Waals surface area (Å²) in [4.78, 5) is 23.7. The van der Waals surface area contributed by atoms with Crippen molar-refractivity contribution in [3.05, 3.63) is 91.0 Å². The van der Waals surface area contributed by atoms with Crippen LogP contribution in [-0.4, -0.2) is 11.9 Å². The van der Waals surface area contributed by atoms with Crippen LogP contribution in [0.3, 0.4) is 0 Å². The molecule has 2 aromatic carbocycles. The molecule has 0 saturated heterocycles. The van der Waals surface area contributed by atoms with Gasteiger partial charge in [-0.05, 0) is 61.7 Å². The van der Waals surface area contributed by atoms with Crippen molar-refractivity contribution in [2.75, 3.05) is 0 Å². The van der Waals surface area contributed by atoms with Gasteiger partial charge in [0.15, 0.2) is 23.1 Å². The van der Waals surface area contributed by atoms with Crippen molar-refractivity contribution >= 4 is 11.9 Å². The first kappa shape index (κ1) is 23.3. The van der Waals surface area contributed by atoms with Gasteiger partial charge in [0.05, 0.1) is 0 Å². The molecule has 0 unspecified atom stereocenters. The molecule has 2 aromatic rings. The number of carbonyl (C=O) groups excluding carboxylic acids is 2. The number of ether oxygens (including phenoxy) is 3. The topological polar surface area (TPSA) is 61.8 Å². The van der Waals surface area contributed by atoms with E-state index in [2.05, 4.69) is 26.3 Å². The van der Waals surface area contributed by atoms with Gasteiger partial charge in [0.2, 0.25) is 0 Å². The molecule has 0 fully saturated rings. The number of halogens is 1. The molecule has 0 aliphatic carbocycles. The molecule has 2 rings (SSSR count). The maximum atomic E-state index is 14.5. The summed E-state index contributed by atoms with van der Waals surface area (Å²) in [7, 11) is 0. The van der Waals surface area contributed by atoms with Crippen molar-refractivity contribution in [3.63, 3.8) is 0 Å². The largest absolute Gasteiger partial charge is 0.454 e. The highest BCUT2D eigenvalue weighted by Crippen LogP contribution is 2.36. The van der Waals surface area contributed by atoms with Gasteiger partial charge >= 0.3 is 11.9 Å². The Bertz CT molecular complexity index is 1110. The highest BCUT2D eigenvalue weighted by molar-refractivity contribution is 5.90. The van der Waals surface area contributed by atoms with Crippen molar-refractivity contribution in [2.45, 2.75) is 20.8 Å². The Morgan fingerprint density at radius 2 is 1.16 bits per heavy atom. The fourth-order valence-corrected chi connectivity index (χ4v) is 2.21. The van der Waals surface area contributed by atoms with Gasteiger partial charge in [-0.15, -0.1) is 0 Å². The van der Waals surface area contributed by atoms with Crippen LogP contribution in [0.2, 0.25) is 0 Å². The summed E-state index contributed by atoms with van der Waals surface area (Å²) in [6.45, 7) is 19.3. The normalized spacial score (nSPS) is 10.1. The van der Waals surface area contributed by atoms with E-state index in [-0.39, 0.29) is 28.4 Å². The van der Waals surface area contributed by atoms with Gasteiger partial charge in [-0.1, -0.05) is 38.4 Å². The van der Waals surface area contributed by atoms with E-state index in [0.717, 1.165) is 0 Å². The Labute approximate surface area is 180 Å². The smallest absolute Gasteiger partial charge is 0.338 e. The maximum Gasteiger partial charge on any atom is 0.338 e. The van der Waals surface area contributed by atoms with Crippen molar-refractivity contribution < 1.29 is 28.2 Å². The molecule has 0 aliphatic heterocycles. The van der Waals surface area contributed by atoms with Gasteiger partial charge in [0, 0.05) is 11.1 Å². The summed E-state index contributed by atoms with van der Waals surface area (Å²) >= 11 is 0. The number of benzene rings is 2. The summed E-state index contributed by atoms with van der Waals surface area (Å²) < 4.78 is 30.4. The zero-order chi connectivity index (χ0) is 23.3. The molecule has 0 aromatic heterocycles. The van der Waals surface area contributed by atoms with E-state index >= 15 is 0 Å². The lowest BCUT2D eigenvalue weighted by Crippen LogP contribution is -2.10. The van der Waals surface area contributed by atoms with Crippen molar-refractivity contribution in [3.8, 4) is 28.4 Å². The van der Waals surface area contributed by atoms with Crippen LogP contribution < -0.4 is 14.2 Å². The summed E-state index contributed by atoms with van der Waals surface area (Å²) in [6.07, 6.45) is 0. The van der Waals surface area contributed by atoms with Crippen LogP contribution in [0.15, 0.2) is 85.2 Å². The summed E-state index contributed by atoms with van der Waals surface area (Å²) in [5.74, 6) is -1.68. The number of carbonyl (C=O) groups is 2. The Balaban J connectivity index is 2.43. The first-order chi connectivity index (χ1) is 14.5. The number of hydrogen-bond acceptors (Lipinski definition) is 5. The molecular formula is C25H23FO5. The molecule has 0 amide bonds. The molecule has 0 bridgehead atoms. The molecule has 0 spiro atoms. The predicted octanol–water partition coefficient (Wildman–Crippen LogP) is 5.92. The first-order valence-corrected chi connectivity index (χ1v) is 9.21. The summed E-state index contributed by atoms with van der Waals surface area (Å²) in [5, 5.41) is 0. The molecule has 0 radical (unpaired) electrons. The lowest BCUT2D eigenvalue weighted by molar-refractivity contribution is -0.131. The maximum absolute atomic E-state index is 14.5. The van der Waals surface area contributed by atoms with Gasteiger partial charge < -0.3 is 14.2 Å². The molecule has 0 atom stereocenters. The van der Waals surface area contributed by atoms with Gasteiger partial charge in [0.25, 0.3) is 0 Å². The number of allylic oxidation sites excluding steroid dienone is 1. The monoisotopic (exact) mass is 422 g/mol. The van der Waals surface area contributed by atoms with E-state index in [0.29, 0.717) is 22.5 Å². The minimum atomic E-state index is -0.733. The number of esters is 2. The third-order valence-electron chi connectivity index (χ3n) is 4.02. The van der Waals surface area contributed by atoms with E-state index in [4.69, 9.17) is 14.2 Å². The summed E-state index contributed by atoms with van der Waals surface area (Å²) in [6, 6.07) is 8.85. The van der Waals surface area contributed by atoms with Crippen molar-refractivity contribution in [1.29, 1.82) is 0 Å². The summed E-state index contributed by atoms with van der Waals surface area (Å²) in [5.41, 5.74) is 1.95. The van der Waals surface area contributed by atoms with E-state index in [1.165, 1.54) is 32.0 Å². The van der Waals surface area contributed by atoms with Gasteiger partial charge in [-0.25, -0.2) is 14.0 Å². The predicted molar refractivity (Wildman–Crippen MR) is 117 cm³/mol. The molecule has 0 aliphatic rings. The Morgan fingerprint density at radius 1 is 0.677 bits per heavy atom. The molecule has 31 heavy (non-hydrogen) atoms. The standard InChI is InChI=1S/C25H23FO5/c1-14(2)17(7)29-22-11-9-19(13-23(22)31-25(28)16(5)6)18-8-10-21(20(26)12-18)30-24(27)15(3)4/h8-13H,1,3,5,7H2,2,4,6H3. The molecule has 5 nitrogen and oxygen atoms in total. The molecule has 0 N–H and O–H groups in total. The quantitative estimate of drug-likeness (QED) is 0.174. The van der Waals surface area contributed by atoms with Crippen LogP contribution in [0.4, 0.5) is 4.39 Å². The first-order valence-electron chi connectivity index (χ1n) is 9.21. The fraction of sp³-hybridized carbons (Fsp3) is 0.120. The zero-order valence-electron chi connectivity index (χ0n) is 17.7. The highest BCUT2D eigenvalue weighted by atomic mass is 19.1. The lowest BCUT2D eigenvalue weighted by Gasteiger charge is -2.15. The average molecular weight is 422 g/mol. The highest BCUT2D eigenvalue weighted by Gasteiger charge is 2.16. The van der Waals surface area contributed by atoms with Crippen LogP contribution in [0.25, 0.3) is 11.1 Å². The van der Waals surface area contributed by atoms with Gasteiger partial charge in [-0.2, -0.15) is 0 Å². The molecule has 6 heteroatoms. The van der Waals surface area contributed by atoms with Crippen molar-refractivity contribution in [1.82, 2.24) is 0 Å². The third kappa shape index (κ3) is 6.02. The third-order valence-corrected chi connectivity index (χ3v) is 4.02. The molecule has 160 valence electrons. The number of rotatable bonds is 8. The molecule has 0 heterocycles. The Kier molecular flexibility index (Phi) is 7.32. The van der Waals surface area contributed by atoms with E-state index in [9.17, 15) is 14.0 Å².